The van der Waals surface area contributed by atoms with Crippen LogP contribution in [0.3, 0.4) is 0 Å². The van der Waals surface area contributed by atoms with Crippen LogP contribution in [0.2, 0.25) is 5.02 Å². The third-order valence-corrected chi connectivity index (χ3v) is 6.55. The lowest BCUT2D eigenvalue weighted by molar-refractivity contribution is -0.119. The quantitative estimate of drug-likeness (QED) is 0.238. The molecule has 3 N–H and O–H groups in total. The molecule has 0 fully saturated rings. The number of rotatable bonds is 11. The molecule has 1 heterocycles. The number of ether oxygens (including phenoxy) is 1. The molecule has 3 aromatic carbocycles. The summed E-state index contributed by atoms with van der Waals surface area (Å²) in [5.74, 6) is -1.11. The number of amides is 2. The number of hydrogen-bond acceptors (Lipinski definition) is 8. The molecule has 0 saturated carbocycles. The fourth-order valence-corrected chi connectivity index (χ4v) is 4.50. The second-order valence-electron chi connectivity index (χ2n) is 8.86. The van der Waals surface area contributed by atoms with Gasteiger partial charge in [0.05, 0.1) is 10.5 Å². The molecule has 40 heavy (non-hydrogen) atoms. The topological polar surface area (TPSA) is 139 Å². The Hall–Kier alpha value is -4.29. The highest BCUT2D eigenvalue weighted by Crippen LogP contribution is 2.31. The van der Waals surface area contributed by atoms with Gasteiger partial charge in [0.25, 0.3) is 0 Å². The molecule has 0 bridgehead atoms. The Balaban J connectivity index is 1.40. The third-order valence-electron chi connectivity index (χ3n) is 5.46. The zero-order valence-electron chi connectivity index (χ0n) is 21.3. The van der Waals surface area contributed by atoms with E-state index in [1.54, 1.807) is 48.5 Å². The molecule has 4 rings (SSSR count). The summed E-state index contributed by atoms with van der Waals surface area (Å²) in [7, 11) is -3.44. The molecule has 0 spiro atoms. The highest BCUT2D eigenvalue weighted by molar-refractivity contribution is 7.91. The van der Waals surface area contributed by atoms with Gasteiger partial charge in [-0.1, -0.05) is 23.7 Å². The Morgan fingerprint density at radius 2 is 1.80 bits per heavy atom. The van der Waals surface area contributed by atoms with E-state index in [0.717, 1.165) is 6.26 Å². The first kappa shape index (κ1) is 28.7. The highest BCUT2D eigenvalue weighted by Gasteiger charge is 2.12. The zero-order chi connectivity index (χ0) is 28.7. The number of sulfone groups is 1. The maximum Gasteiger partial charge on any atom is 0.235 e. The maximum absolute atomic E-state index is 13.4. The van der Waals surface area contributed by atoms with Crippen LogP contribution in [0.15, 0.2) is 67.0 Å². The molecule has 4 aromatic rings. The summed E-state index contributed by atoms with van der Waals surface area (Å²) in [6.07, 6.45) is 2.32. The molecule has 0 atom stereocenters. The molecule has 2 amide bonds. The van der Waals surface area contributed by atoms with Crippen LogP contribution >= 0.6 is 11.6 Å². The van der Waals surface area contributed by atoms with Crippen molar-refractivity contribution in [1.82, 2.24) is 15.3 Å². The number of halogens is 2. The van der Waals surface area contributed by atoms with Gasteiger partial charge in [-0.2, -0.15) is 0 Å². The van der Waals surface area contributed by atoms with Crippen LogP contribution < -0.4 is 20.7 Å². The monoisotopic (exact) mass is 585 g/mol. The highest BCUT2D eigenvalue weighted by atomic mass is 35.5. The van der Waals surface area contributed by atoms with Crippen molar-refractivity contribution in [2.75, 3.05) is 29.2 Å². The standard InChI is InChI=1S/C27H25ClFN5O5S/c1-40(37,38)15-26(36)30-10-9-25(35)33-19-5-7-23-21(12-19)27(32-16-31-23)34-20-6-8-24(22(28)13-20)39-14-17-3-2-4-18(29)11-17/h2-8,11-13,16H,9-10,14-15H2,1H3,(H,30,36)(H,33,35)(H,31,32,34). The van der Waals surface area contributed by atoms with E-state index in [0.29, 0.717) is 44.4 Å². The van der Waals surface area contributed by atoms with Crippen molar-refractivity contribution in [3.05, 3.63) is 83.4 Å². The fraction of sp³-hybridized carbons (Fsp3) is 0.185. The summed E-state index contributed by atoms with van der Waals surface area (Å²) in [6.45, 7) is 0.148. The predicted octanol–water partition coefficient (Wildman–Crippen LogP) is 4.23. The number of nitrogens with zero attached hydrogens (tertiary/aromatic N) is 2. The van der Waals surface area contributed by atoms with Crippen molar-refractivity contribution in [2.24, 2.45) is 0 Å². The molecule has 10 nitrogen and oxygen atoms in total. The zero-order valence-corrected chi connectivity index (χ0v) is 22.9. The number of carbonyl (C=O) groups is 2. The van der Waals surface area contributed by atoms with Crippen LogP contribution in [0.1, 0.15) is 12.0 Å². The smallest absolute Gasteiger partial charge is 0.235 e. The Labute approximate surface area is 234 Å². The summed E-state index contributed by atoms with van der Waals surface area (Å²) >= 11 is 6.41. The van der Waals surface area contributed by atoms with E-state index >= 15 is 0 Å². The molecular formula is C27H25ClFN5O5S. The van der Waals surface area contributed by atoms with Gasteiger partial charge in [-0.3, -0.25) is 9.59 Å². The van der Waals surface area contributed by atoms with Crippen molar-refractivity contribution < 1.29 is 27.1 Å². The van der Waals surface area contributed by atoms with Gasteiger partial charge in [-0.05, 0) is 54.1 Å². The Kier molecular flexibility index (Phi) is 9.12. The number of nitrogens with one attached hydrogen (secondary N) is 3. The Morgan fingerprint density at radius 3 is 2.55 bits per heavy atom. The van der Waals surface area contributed by atoms with Crippen LogP contribution in [0, 0.1) is 5.82 Å². The molecule has 0 unspecified atom stereocenters. The predicted molar refractivity (Wildman–Crippen MR) is 151 cm³/mol. The van der Waals surface area contributed by atoms with Crippen LogP contribution in [0.4, 0.5) is 21.6 Å². The molecule has 0 aliphatic heterocycles. The fourth-order valence-electron chi connectivity index (χ4n) is 3.68. The SMILES string of the molecule is CS(=O)(=O)CC(=O)NCCC(=O)Nc1ccc2ncnc(Nc3ccc(OCc4cccc(F)c4)c(Cl)c3)c2c1. The minimum absolute atomic E-state index is 0.00755. The van der Waals surface area contributed by atoms with Crippen LogP contribution in [-0.4, -0.2) is 48.8 Å². The number of benzene rings is 3. The van der Waals surface area contributed by atoms with Crippen LogP contribution in [0.25, 0.3) is 10.9 Å². The maximum atomic E-state index is 13.4. The number of carbonyl (C=O) groups excluding carboxylic acids is 2. The third kappa shape index (κ3) is 8.35. The lowest BCUT2D eigenvalue weighted by Gasteiger charge is -2.13. The van der Waals surface area contributed by atoms with Crippen molar-refractivity contribution in [3.63, 3.8) is 0 Å². The van der Waals surface area contributed by atoms with E-state index in [1.165, 1.54) is 18.5 Å². The Bertz CT molecular complexity index is 1670. The number of hydrogen-bond donors (Lipinski definition) is 3. The Morgan fingerprint density at radius 1 is 1.00 bits per heavy atom. The second kappa shape index (κ2) is 12.7. The van der Waals surface area contributed by atoms with E-state index in [1.807, 2.05) is 0 Å². The van der Waals surface area contributed by atoms with Crippen molar-refractivity contribution >= 4 is 61.3 Å². The van der Waals surface area contributed by atoms with Gasteiger partial charge >= 0.3 is 0 Å². The van der Waals surface area contributed by atoms with Gasteiger partial charge in [0.1, 0.15) is 36.1 Å². The molecular weight excluding hydrogens is 561 g/mol. The summed E-state index contributed by atoms with van der Waals surface area (Å²) in [4.78, 5) is 32.5. The van der Waals surface area contributed by atoms with Gasteiger partial charge in [-0.15, -0.1) is 0 Å². The van der Waals surface area contributed by atoms with E-state index in [2.05, 4.69) is 25.9 Å². The lowest BCUT2D eigenvalue weighted by Crippen LogP contribution is -2.32. The number of fused-ring (bicyclic) bond motifs is 1. The average Bonchev–Trinajstić information content (AvgIpc) is 2.87. The van der Waals surface area contributed by atoms with E-state index < -0.39 is 21.5 Å². The number of aromatic nitrogens is 2. The second-order valence-corrected chi connectivity index (χ2v) is 11.4. The summed E-state index contributed by atoms with van der Waals surface area (Å²) < 4.78 is 41.5. The lowest BCUT2D eigenvalue weighted by atomic mass is 10.2. The van der Waals surface area contributed by atoms with E-state index in [4.69, 9.17) is 16.3 Å². The number of anilines is 3. The summed E-state index contributed by atoms with van der Waals surface area (Å²) in [5, 5.41) is 9.31. The van der Waals surface area contributed by atoms with Crippen molar-refractivity contribution in [3.8, 4) is 5.75 Å². The van der Waals surface area contributed by atoms with Gasteiger partial charge in [0.15, 0.2) is 9.84 Å². The molecule has 1 aromatic heterocycles. The van der Waals surface area contributed by atoms with Crippen LogP contribution in [0.5, 0.6) is 5.75 Å². The first-order valence-corrected chi connectivity index (χ1v) is 14.4. The van der Waals surface area contributed by atoms with Crippen molar-refractivity contribution in [2.45, 2.75) is 13.0 Å². The van der Waals surface area contributed by atoms with Crippen LogP contribution in [-0.2, 0) is 26.0 Å². The molecule has 0 saturated heterocycles. The molecule has 0 radical (unpaired) electrons. The summed E-state index contributed by atoms with van der Waals surface area (Å²) in [5.41, 5.74) is 2.41. The van der Waals surface area contributed by atoms with E-state index in [9.17, 15) is 22.4 Å². The van der Waals surface area contributed by atoms with Gasteiger partial charge in [0, 0.05) is 36.0 Å². The largest absolute Gasteiger partial charge is 0.487 e. The first-order chi connectivity index (χ1) is 19.1. The van der Waals surface area contributed by atoms with E-state index in [-0.39, 0.29) is 31.3 Å². The summed E-state index contributed by atoms with van der Waals surface area (Å²) in [6, 6.07) is 16.3. The van der Waals surface area contributed by atoms with Gasteiger partial charge < -0.3 is 20.7 Å². The van der Waals surface area contributed by atoms with Gasteiger partial charge in [-0.25, -0.2) is 22.8 Å². The molecule has 208 valence electrons. The van der Waals surface area contributed by atoms with Gasteiger partial charge in [0.2, 0.25) is 11.8 Å². The molecule has 0 aliphatic rings. The minimum atomic E-state index is -3.44. The molecule has 13 heteroatoms. The normalized spacial score (nSPS) is 11.2. The first-order valence-electron chi connectivity index (χ1n) is 12.0. The average molecular weight is 586 g/mol. The van der Waals surface area contributed by atoms with Crippen molar-refractivity contribution in [1.29, 1.82) is 0 Å². The minimum Gasteiger partial charge on any atom is -0.487 e. The molecule has 0 aliphatic carbocycles.